The highest BCUT2D eigenvalue weighted by Gasteiger charge is 2.24. The summed E-state index contributed by atoms with van der Waals surface area (Å²) in [7, 11) is 0. The number of fused-ring (bicyclic) bond motifs is 1. The van der Waals surface area contributed by atoms with Crippen LogP contribution in [0.2, 0.25) is 0 Å². The number of carbonyl (C=O) groups excluding carboxylic acids is 1. The molecule has 0 spiro atoms. The molecule has 3 aromatic heterocycles. The molecule has 5 rings (SSSR count). The highest BCUT2D eigenvalue weighted by molar-refractivity contribution is 7.15. The Kier molecular flexibility index (Phi) is 5.20. The molecule has 1 saturated heterocycles. The van der Waals surface area contributed by atoms with Gasteiger partial charge in [0.2, 0.25) is 11.0 Å². The third-order valence-electron chi connectivity index (χ3n) is 5.92. The number of hydrogen-bond donors (Lipinski definition) is 2. The van der Waals surface area contributed by atoms with E-state index in [1.165, 1.54) is 25.7 Å². The maximum atomic E-state index is 11.5. The summed E-state index contributed by atoms with van der Waals surface area (Å²) in [5, 5.41) is 17.4. The number of anilines is 3. The molecular weight excluding hydrogens is 398 g/mol. The lowest BCUT2D eigenvalue weighted by molar-refractivity contribution is -0.127. The van der Waals surface area contributed by atoms with Crippen LogP contribution in [0.3, 0.4) is 0 Å². The van der Waals surface area contributed by atoms with Crippen LogP contribution in [0.15, 0.2) is 24.4 Å². The Morgan fingerprint density at radius 3 is 2.83 bits per heavy atom. The van der Waals surface area contributed by atoms with Gasteiger partial charge in [-0.05, 0) is 37.5 Å². The molecule has 2 aliphatic rings. The molecule has 156 valence electrons. The zero-order valence-corrected chi connectivity index (χ0v) is 17.8. The summed E-state index contributed by atoms with van der Waals surface area (Å²) in [5.41, 5.74) is 2.57. The van der Waals surface area contributed by atoms with Gasteiger partial charge in [-0.25, -0.2) is 4.98 Å². The fourth-order valence-electron chi connectivity index (χ4n) is 4.29. The van der Waals surface area contributed by atoms with Crippen molar-refractivity contribution in [2.45, 2.75) is 51.0 Å². The summed E-state index contributed by atoms with van der Waals surface area (Å²) in [4.78, 5) is 22.7. The molecule has 2 N–H and O–H groups in total. The minimum Gasteiger partial charge on any atom is -0.379 e. The number of aromatic nitrogens is 4. The second-order valence-corrected chi connectivity index (χ2v) is 9.11. The van der Waals surface area contributed by atoms with Crippen molar-refractivity contribution in [1.29, 1.82) is 0 Å². The molecule has 1 unspecified atom stereocenters. The smallest absolute Gasteiger partial charge is 0.219 e. The van der Waals surface area contributed by atoms with Crippen molar-refractivity contribution < 1.29 is 4.79 Å². The van der Waals surface area contributed by atoms with Crippen LogP contribution in [-0.4, -0.2) is 50.1 Å². The van der Waals surface area contributed by atoms with E-state index in [0.717, 1.165) is 52.2 Å². The summed E-state index contributed by atoms with van der Waals surface area (Å²) >= 11 is 1.62. The van der Waals surface area contributed by atoms with Gasteiger partial charge >= 0.3 is 0 Å². The first kappa shape index (κ1) is 19.2. The Morgan fingerprint density at radius 2 is 2.03 bits per heavy atom. The summed E-state index contributed by atoms with van der Waals surface area (Å²) in [6.45, 7) is 3.14. The Balaban J connectivity index is 1.29. The van der Waals surface area contributed by atoms with Crippen LogP contribution in [0.25, 0.3) is 11.0 Å². The quantitative estimate of drug-likeness (QED) is 0.642. The van der Waals surface area contributed by atoms with Crippen molar-refractivity contribution in [1.82, 2.24) is 25.1 Å². The summed E-state index contributed by atoms with van der Waals surface area (Å²) in [5.74, 6) is 1.43. The third-order valence-corrected chi connectivity index (χ3v) is 6.92. The number of carbonyl (C=O) groups is 1. The lowest BCUT2D eigenvalue weighted by Crippen LogP contribution is -2.29. The van der Waals surface area contributed by atoms with E-state index in [9.17, 15) is 4.79 Å². The molecule has 0 aromatic carbocycles. The Bertz CT molecular complexity index is 1060. The van der Waals surface area contributed by atoms with Crippen molar-refractivity contribution in [3.05, 3.63) is 29.4 Å². The first-order valence-corrected chi connectivity index (χ1v) is 11.3. The van der Waals surface area contributed by atoms with Crippen LogP contribution in [0.1, 0.15) is 50.0 Å². The fraction of sp³-hybridized carbons (Fsp3) is 0.476. The number of likely N-dealkylation sites (tertiary alicyclic amines) is 1. The standard InChI is InChI=1S/C21H25N7OS/c1-13(29)28-9-8-15(12-28)23-16-10-18-17(22-11-16)6-7-19(24-18)25-21-27-26-20(30-21)14-4-2-3-5-14/h6-7,10-11,14-15,23H,2-5,8-9,12H2,1H3,(H,24,25,27). The molecular formula is C21H25N7OS. The van der Waals surface area contributed by atoms with Gasteiger partial charge in [-0.1, -0.05) is 24.2 Å². The minimum absolute atomic E-state index is 0.126. The van der Waals surface area contributed by atoms with E-state index >= 15 is 0 Å². The van der Waals surface area contributed by atoms with Crippen molar-refractivity contribution >= 4 is 44.9 Å². The maximum Gasteiger partial charge on any atom is 0.219 e. The molecule has 1 atom stereocenters. The van der Waals surface area contributed by atoms with Crippen molar-refractivity contribution in [3.8, 4) is 0 Å². The predicted molar refractivity (Wildman–Crippen MR) is 118 cm³/mol. The molecule has 4 heterocycles. The average Bonchev–Trinajstić information content (AvgIpc) is 3.49. The van der Waals surface area contributed by atoms with Gasteiger partial charge in [-0.2, -0.15) is 0 Å². The first-order chi connectivity index (χ1) is 14.6. The minimum atomic E-state index is 0.126. The highest BCUT2D eigenvalue weighted by atomic mass is 32.1. The van der Waals surface area contributed by atoms with Gasteiger partial charge in [0.25, 0.3) is 0 Å². The van der Waals surface area contributed by atoms with Gasteiger partial charge in [0.15, 0.2) is 0 Å². The van der Waals surface area contributed by atoms with Gasteiger partial charge in [0.1, 0.15) is 10.8 Å². The Morgan fingerprint density at radius 1 is 1.17 bits per heavy atom. The van der Waals surface area contributed by atoms with E-state index in [-0.39, 0.29) is 11.9 Å². The molecule has 3 aromatic rings. The molecule has 1 amide bonds. The normalized spacial score (nSPS) is 19.5. The van der Waals surface area contributed by atoms with E-state index < -0.39 is 0 Å². The fourth-order valence-corrected chi connectivity index (χ4v) is 5.21. The summed E-state index contributed by atoms with van der Waals surface area (Å²) in [6.07, 6.45) is 7.77. The monoisotopic (exact) mass is 423 g/mol. The van der Waals surface area contributed by atoms with Gasteiger partial charge in [-0.3, -0.25) is 9.78 Å². The van der Waals surface area contributed by atoms with Crippen molar-refractivity contribution in [3.63, 3.8) is 0 Å². The van der Waals surface area contributed by atoms with Crippen LogP contribution in [-0.2, 0) is 4.79 Å². The molecule has 9 heteroatoms. The number of nitrogens with one attached hydrogen (secondary N) is 2. The maximum absolute atomic E-state index is 11.5. The predicted octanol–water partition coefficient (Wildman–Crippen LogP) is 3.92. The molecule has 1 aliphatic carbocycles. The van der Waals surface area contributed by atoms with Crippen LogP contribution < -0.4 is 10.6 Å². The molecule has 0 radical (unpaired) electrons. The zero-order valence-electron chi connectivity index (χ0n) is 17.0. The van der Waals surface area contributed by atoms with Gasteiger partial charge in [0, 0.05) is 32.0 Å². The van der Waals surface area contributed by atoms with E-state index in [1.807, 2.05) is 29.3 Å². The molecule has 30 heavy (non-hydrogen) atoms. The van der Waals surface area contributed by atoms with E-state index in [4.69, 9.17) is 4.98 Å². The van der Waals surface area contributed by atoms with Crippen LogP contribution >= 0.6 is 11.3 Å². The van der Waals surface area contributed by atoms with Crippen LogP contribution in [0.4, 0.5) is 16.6 Å². The highest BCUT2D eigenvalue weighted by Crippen LogP contribution is 2.37. The number of hydrogen-bond acceptors (Lipinski definition) is 8. The largest absolute Gasteiger partial charge is 0.379 e. The van der Waals surface area contributed by atoms with E-state index in [2.05, 4.69) is 25.8 Å². The number of amides is 1. The van der Waals surface area contributed by atoms with Crippen molar-refractivity contribution in [2.75, 3.05) is 23.7 Å². The van der Waals surface area contributed by atoms with E-state index in [1.54, 1.807) is 18.3 Å². The van der Waals surface area contributed by atoms with Gasteiger partial charge in [0.05, 0.1) is 22.9 Å². The van der Waals surface area contributed by atoms with Crippen LogP contribution in [0.5, 0.6) is 0 Å². The molecule has 8 nitrogen and oxygen atoms in total. The summed E-state index contributed by atoms with van der Waals surface area (Å²) < 4.78 is 0. The molecule has 1 aliphatic heterocycles. The van der Waals surface area contributed by atoms with Crippen molar-refractivity contribution in [2.24, 2.45) is 0 Å². The first-order valence-electron chi connectivity index (χ1n) is 10.5. The number of rotatable bonds is 5. The number of nitrogens with zero attached hydrogens (tertiary/aromatic N) is 5. The third kappa shape index (κ3) is 4.07. The summed E-state index contributed by atoms with van der Waals surface area (Å²) in [6, 6.07) is 6.12. The van der Waals surface area contributed by atoms with Crippen LogP contribution in [0, 0.1) is 0 Å². The van der Waals surface area contributed by atoms with Gasteiger partial charge in [-0.15, -0.1) is 10.2 Å². The molecule has 1 saturated carbocycles. The Labute approximate surface area is 179 Å². The molecule has 2 fully saturated rings. The second kappa shape index (κ2) is 8.14. The SMILES string of the molecule is CC(=O)N1CCC(Nc2cnc3ccc(Nc4nnc(C5CCCC5)s4)nc3c2)C1. The molecule has 0 bridgehead atoms. The zero-order chi connectivity index (χ0) is 20.5. The Hall–Kier alpha value is -2.81. The number of pyridine rings is 2. The second-order valence-electron chi connectivity index (χ2n) is 8.11. The van der Waals surface area contributed by atoms with E-state index in [0.29, 0.717) is 5.92 Å². The van der Waals surface area contributed by atoms with Gasteiger partial charge < -0.3 is 15.5 Å². The average molecular weight is 424 g/mol. The lowest BCUT2D eigenvalue weighted by atomic mass is 10.1. The topological polar surface area (TPSA) is 95.9 Å². The lowest BCUT2D eigenvalue weighted by Gasteiger charge is -2.16.